The first-order chi connectivity index (χ1) is 13.0. The molecule has 0 fully saturated rings. The molecule has 2 N–H and O–H groups in total. The van der Waals surface area contributed by atoms with Gasteiger partial charge in [0.2, 0.25) is 5.91 Å². The van der Waals surface area contributed by atoms with Gasteiger partial charge in [-0.1, -0.05) is 30.3 Å². The van der Waals surface area contributed by atoms with Crippen LogP contribution in [0.25, 0.3) is 0 Å². The van der Waals surface area contributed by atoms with Crippen molar-refractivity contribution in [3.63, 3.8) is 0 Å². The number of carbonyl (C=O) groups is 2. The van der Waals surface area contributed by atoms with Gasteiger partial charge < -0.3 is 14.8 Å². The van der Waals surface area contributed by atoms with Crippen LogP contribution in [0.1, 0.15) is 39.3 Å². The average Bonchev–Trinajstić information content (AvgIpc) is 3.24. The number of aryl methyl sites for hydroxylation is 2. The number of aromatic carboxylic acids is 1. The zero-order valence-electron chi connectivity index (χ0n) is 14.9. The van der Waals surface area contributed by atoms with E-state index in [0.29, 0.717) is 23.8 Å². The Morgan fingerprint density at radius 2 is 2.00 bits per heavy atom. The zero-order valence-corrected chi connectivity index (χ0v) is 14.9. The summed E-state index contributed by atoms with van der Waals surface area (Å²) in [6, 6.07) is 10.3. The standard InChI is InChI=1S/C18H19N5O4/c1-11-15(18(25)26)9-14(27-11)10-19-17(24)16(23-12(2)20-21-22-23)8-13-6-4-3-5-7-13/h3-7,9,16H,8,10H2,1-2H3,(H,19,24)(H,25,26). The summed E-state index contributed by atoms with van der Waals surface area (Å²) in [5.74, 6) is -0.178. The highest BCUT2D eigenvalue weighted by Gasteiger charge is 2.24. The molecule has 1 atom stereocenters. The van der Waals surface area contributed by atoms with E-state index in [0.717, 1.165) is 5.56 Å². The summed E-state index contributed by atoms with van der Waals surface area (Å²) >= 11 is 0. The van der Waals surface area contributed by atoms with Crippen molar-refractivity contribution in [1.29, 1.82) is 0 Å². The second kappa shape index (κ2) is 7.81. The molecular weight excluding hydrogens is 350 g/mol. The fourth-order valence-electron chi connectivity index (χ4n) is 2.79. The Balaban J connectivity index is 1.76. The molecule has 0 bridgehead atoms. The van der Waals surface area contributed by atoms with Crippen LogP contribution >= 0.6 is 0 Å². The molecule has 1 aromatic carbocycles. The van der Waals surface area contributed by atoms with Gasteiger partial charge in [-0.3, -0.25) is 4.79 Å². The Kier molecular flexibility index (Phi) is 5.30. The normalized spacial score (nSPS) is 11.9. The van der Waals surface area contributed by atoms with Crippen molar-refractivity contribution < 1.29 is 19.1 Å². The molecule has 140 valence electrons. The van der Waals surface area contributed by atoms with Gasteiger partial charge in [-0.15, -0.1) is 5.10 Å². The predicted octanol–water partition coefficient (Wildman–Crippen LogP) is 1.68. The lowest BCUT2D eigenvalue weighted by Gasteiger charge is -2.17. The first-order valence-corrected chi connectivity index (χ1v) is 8.34. The Morgan fingerprint density at radius 1 is 1.26 bits per heavy atom. The van der Waals surface area contributed by atoms with Crippen LogP contribution in [0.5, 0.6) is 0 Å². The highest BCUT2D eigenvalue weighted by atomic mass is 16.4. The lowest BCUT2D eigenvalue weighted by Crippen LogP contribution is -2.34. The van der Waals surface area contributed by atoms with Crippen molar-refractivity contribution in [2.24, 2.45) is 0 Å². The number of nitrogens with one attached hydrogen (secondary N) is 1. The molecule has 1 amide bonds. The van der Waals surface area contributed by atoms with Gasteiger partial charge in [0.1, 0.15) is 29.0 Å². The number of carboxylic acids is 1. The number of hydrogen-bond donors (Lipinski definition) is 2. The molecule has 9 heteroatoms. The average molecular weight is 369 g/mol. The highest BCUT2D eigenvalue weighted by molar-refractivity contribution is 5.88. The molecule has 2 aromatic heterocycles. The van der Waals surface area contributed by atoms with Gasteiger partial charge in [-0.25, -0.2) is 9.48 Å². The van der Waals surface area contributed by atoms with Crippen molar-refractivity contribution >= 4 is 11.9 Å². The van der Waals surface area contributed by atoms with Crippen LogP contribution < -0.4 is 5.32 Å². The summed E-state index contributed by atoms with van der Waals surface area (Å²) in [5, 5.41) is 23.3. The van der Waals surface area contributed by atoms with Crippen molar-refractivity contribution in [2.45, 2.75) is 32.9 Å². The third-order valence-corrected chi connectivity index (χ3v) is 4.16. The van der Waals surface area contributed by atoms with Crippen LogP contribution in [0, 0.1) is 13.8 Å². The van der Waals surface area contributed by atoms with Crippen molar-refractivity contribution in [3.8, 4) is 0 Å². The molecule has 0 saturated heterocycles. The molecule has 0 saturated carbocycles. The molecule has 3 aromatic rings. The van der Waals surface area contributed by atoms with E-state index in [1.165, 1.54) is 10.7 Å². The van der Waals surface area contributed by atoms with Gasteiger partial charge in [0.25, 0.3) is 0 Å². The van der Waals surface area contributed by atoms with E-state index < -0.39 is 12.0 Å². The molecule has 0 aliphatic rings. The maximum Gasteiger partial charge on any atom is 0.339 e. The topological polar surface area (TPSA) is 123 Å². The maximum absolute atomic E-state index is 12.8. The molecule has 1 unspecified atom stereocenters. The maximum atomic E-state index is 12.8. The third-order valence-electron chi connectivity index (χ3n) is 4.16. The molecule has 0 radical (unpaired) electrons. The van der Waals surface area contributed by atoms with E-state index in [4.69, 9.17) is 9.52 Å². The van der Waals surface area contributed by atoms with Crippen LogP contribution in [0.4, 0.5) is 0 Å². The number of rotatable bonds is 7. The number of aromatic nitrogens is 4. The van der Waals surface area contributed by atoms with Gasteiger partial charge in [0.05, 0.1) is 6.54 Å². The van der Waals surface area contributed by atoms with E-state index >= 15 is 0 Å². The minimum Gasteiger partial charge on any atom is -0.478 e. The monoisotopic (exact) mass is 369 g/mol. The number of hydrogen-bond acceptors (Lipinski definition) is 6. The summed E-state index contributed by atoms with van der Waals surface area (Å²) in [5.41, 5.74) is 1.05. The molecule has 0 aliphatic carbocycles. The Labute approximate surface area is 155 Å². The minimum atomic E-state index is -1.07. The summed E-state index contributed by atoms with van der Waals surface area (Å²) in [7, 11) is 0. The Morgan fingerprint density at radius 3 is 2.59 bits per heavy atom. The van der Waals surface area contributed by atoms with Gasteiger partial charge in [0, 0.05) is 6.42 Å². The SMILES string of the molecule is Cc1oc(CNC(=O)C(Cc2ccccc2)n2nnnc2C)cc1C(=O)O. The summed E-state index contributed by atoms with van der Waals surface area (Å²) in [6.07, 6.45) is 0.413. The Hall–Kier alpha value is -3.49. The van der Waals surface area contributed by atoms with Gasteiger partial charge in [-0.05, 0) is 35.9 Å². The van der Waals surface area contributed by atoms with Crippen molar-refractivity contribution in [2.75, 3.05) is 0 Å². The largest absolute Gasteiger partial charge is 0.478 e. The zero-order chi connectivity index (χ0) is 19.4. The van der Waals surface area contributed by atoms with E-state index in [2.05, 4.69) is 20.8 Å². The first kappa shape index (κ1) is 18.3. The lowest BCUT2D eigenvalue weighted by atomic mass is 10.1. The molecule has 3 rings (SSSR count). The summed E-state index contributed by atoms with van der Waals surface area (Å²) < 4.78 is 6.87. The van der Waals surface area contributed by atoms with E-state index in [1.54, 1.807) is 13.8 Å². The quantitative estimate of drug-likeness (QED) is 0.649. The number of amides is 1. The van der Waals surface area contributed by atoms with Crippen LogP contribution in [-0.2, 0) is 17.8 Å². The minimum absolute atomic E-state index is 0.0689. The molecular formula is C18H19N5O4. The summed E-state index contributed by atoms with van der Waals surface area (Å²) in [6.45, 7) is 3.36. The number of benzene rings is 1. The van der Waals surface area contributed by atoms with E-state index in [1.807, 2.05) is 30.3 Å². The predicted molar refractivity (Wildman–Crippen MR) is 94.0 cm³/mol. The highest BCUT2D eigenvalue weighted by Crippen LogP contribution is 2.17. The molecule has 27 heavy (non-hydrogen) atoms. The van der Waals surface area contributed by atoms with Crippen LogP contribution in [0.15, 0.2) is 40.8 Å². The van der Waals surface area contributed by atoms with Gasteiger partial charge in [-0.2, -0.15) is 0 Å². The summed E-state index contributed by atoms with van der Waals surface area (Å²) in [4.78, 5) is 23.9. The van der Waals surface area contributed by atoms with Crippen LogP contribution in [0.2, 0.25) is 0 Å². The first-order valence-electron chi connectivity index (χ1n) is 8.34. The number of carboxylic acid groups (broad SMARTS) is 1. The lowest BCUT2D eigenvalue weighted by molar-refractivity contribution is -0.125. The van der Waals surface area contributed by atoms with Crippen molar-refractivity contribution in [1.82, 2.24) is 25.5 Å². The molecule has 9 nitrogen and oxygen atoms in total. The van der Waals surface area contributed by atoms with Crippen molar-refractivity contribution in [3.05, 3.63) is 64.9 Å². The number of nitrogens with zero attached hydrogens (tertiary/aromatic N) is 4. The Bertz CT molecular complexity index is 948. The third kappa shape index (κ3) is 4.20. The van der Waals surface area contributed by atoms with Gasteiger partial charge in [0.15, 0.2) is 0 Å². The van der Waals surface area contributed by atoms with Gasteiger partial charge >= 0.3 is 5.97 Å². The fraction of sp³-hybridized carbons (Fsp3) is 0.278. The number of carbonyl (C=O) groups excluding carboxylic acids is 1. The van der Waals surface area contributed by atoms with E-state index in [9.17, 15) is 9.59 Å². The smallest absolute Gasteiger partial charge is 0.339 e. The van der Waals surface area contributed by atoms with Crippen LogP contribution in [0.3, 0.4) is 0 Å². The number of tetrazole rings is 1. The fourth-order valence-corrected chi connectivity index (χ4v) is 2.79. The molecule has 0 spiro atoms. The van der Waals surface area contributed by atoms with E-state index in [-0.39, 0.29) is 18.0 Å². The molecule has 0 aliphatic heterocycles. The molecule has 2 heterocycles. The number of furan rings is 1. The second-order valence-corrected chi connectivity index (χ2v) is 6.08. The second-order valence-electron chi connectivity index (χ2n) is 6.08. The van der Waals surface area contributed by atoms with Crippen LogP contribution in [-0.4, -0.2) is 37.2 Å².